The van der Waals surface area contributed by atoms with Crippen LogP contribution >= 0.6 is 0 Å². The molecule has 0 amide bonds. The zero-order valence-electron chi connectivity index (χ0n) is 32.5. The van der Waals surface area contributed by atoms with Crippen molar-refractivity contribution in [2.24, 2.45) is 17.8 Å². The second kappa shape index (κ2) is 16.6. The topological polar surface area (TPSA) is 225 Å². The molecule has 0 bridgehead atoms. The molecule has 0 radical (unpaired) electrons. The summed E-state index contributed by atoms with van der Waals surface area (Å²) in [5.74, 6) is -4.72. The van der Waals surface area contributed by atoms with Crippen molar-refractivity contribution in [1.82, 2.24) is 0 Å². The molecule has 5 heterocycles. The van der Waals surface area contributed by atoms with Crippen LogP contribution in [0.1, 0.15) is 65.9 Å². The van der Waals surface area contributed by atoms with Gasteiger partial charge in [0.25, 0.3) is 0 Å². The maximum atomic E-state index is 13.9. The van der Waals surface area contributed by atoms with Gasteiger partial charge in [-0.05, 0) is 44.7 Å². The van der Waals surface area contributed by atoms with E-state index in [0.29, 0.717) is 19.4 Å². The molecule has 3 N–H and O–H groups in total. The third kappa shape index (κ3) is 8.36. The SMILES string of the molecule is CC(=O)OC1C(C)OC(OC(=O)[C@@H]2CC[C@@H]3[C@H](C2)OC2(C[C@@H](OC(=O)/C=C/c4ccccc4)[C@@H](C)CO2)[C@@]32CO2)C(OC2OC(C)C(O)C(OC(C)=O)C2O)C1O. The lowest BCUT2D eigenvalue weighted by Gasteiger charge is -2.46. The van der Waals surface area contributed by atoms with Gasteiger partial charge in [0.1, 0.15) is 24.4 Å². The Bertz CT molecular complexity index is 1670. The van der Waals surface area contributed by atoms with Gasteiger partial charge in [-0.2, -0.15) is 0 Å². The minimum atomic E-state index is -1.73. The number of carbonyl (C=O) groups excluding carboxylic acids is 4. The fourth-order valence-electron chi connectivity index (χ4n) is 8.89. The summed E-state index contributed by atoms with van der Waals surface area (Å²) in [5, 5.41) is 33.1. The second-order valence-electron chi connectivity index (χ2n) is 16.0. The van der Waals surface area contributed by atoms with E-state index < -0.39 is 115 Å². The van der Waals surface area contributed by atoms with E-state index in [1.165, 1.54) is 19.9 Å². The first-order valence-corrected chi connectivity index (χ1v) is 19.6. The number of esters is 4. The summed E-state index contributed by atoms with van der Waals surface area (Å²) in [4.78, 5) is 50.5. The van der Waals surface area contributed by atoms with Gasteiger partial charge in [0.15, 0.2) is 30.2 Å². The monoisotopic (exact) mass is 804 g/mol. The highest BCUT2D eigenvalue weighted by molar-refractivity contribution is 5.87. The van der Waals surface area contributed by atoms with Crippen molar-refractivity contribution in [3.8, 4) is 0 Å². The fraction of sp³-hybridized carbons (Fsp3) is 0.700. The van der Waals surface area contributed by atoms with Gasteiger partial charge in [0, 0.05) is 38.2 Å². The predicted molar refractivity (Wildman–Crippen MR) is 191 cm³/mol. The van der Waals surface area contributed by atoms with E-state index in [1.54, 1.807) is 6.08 Å². The highest BCUT2D eigenvalue weighted by Crippen LogP contribution is 2.62. The molecular formula is C40H52O17. The third-order valence-corrected chi connectivity index (χ3v) is 12.0. The molecule has 11 unspecified atom stereocenters. The second-order valence-corrected chi connectivity index (χ2v) is 16.0. The van der Waals surface area contributed by atoms with E-state index in [1.807, 2.05) is 37.3 Å². The lowest BCUT2D eigenvalue weighted by atomic mass is 9.72. The lowest BCUT2D eigenvalue weighted by molar-refractivity contribution is -0.358. The summed E-state index contributed by atoms with van der Waals surface area (Å²) in [6.45, 7) is 7.86. The van der Waals surface area contributed by atoms with E-state index in [0.717, 1.165) is 19.4 Å². The Labute approximate surface area is 329 Å². The van der Waals surface area contributed by atoms with Gasteiger partial charge < -0.3 is 62.7 Å². The average Bonchev–Trinajstić information content (AvgIpc) is 3.94. The summed E-state index contributed by atoms with van der Waals surface area (Å²) >= 11 is 0. The standard InChI is InChI=1S/C40H52O17/c1-19-17-48-40(16-28(19)54-29(43)14-11-24-9-7-6-8-10-24)39(18-49-39)26-13-12-25(15-27(26)57-40)36(47)56-38-35(31(45)33(21(3)51-38)52-22(4)41)55-37-32(46)34(53-23(5)42)30(44)20(2)50-37/h6-11,14,19-21,25-28,30-35,37-38,44-46H,12-13,15-18H2,1-5H3/b14-11+/t19-,20?,21?,25+,26+,27-,28+,30?,31?,32?,33?,34?,35?,37?,38?,39+,40?/m0/s1. The Balaban J connectivity index is 1.03. The van der Waals surface area contributed by atoms with Crippen molar-refractivity contribution in [3.63, 3.8) is 0 Å². The first kappa shape index (κ1) is 41.6. The van der Waals surface area contributed by atoms with Crippen molar-refractivity contribution in [1.29, 1.82) is 0 Å². The number of aliphatic hydroxyl groups is 3. The van der Waals surface area contributed by atoms with Gasteiger partial charge in [-0.1, -0.05) is 37.3 Å². The lowest BCUT2D eigenvalue weighted by Crippen LogP contribution is -2.64. The van der Waals surface area contributed by atoms with Crippen molar-refractivity contribution in [3.05, 3.63) is 42.0 Å². The normalized spacial score (nSPS) is 44.0. The summed E-state index contributed by atoms with van der Waals surface area (Å²) in [6.07, 6.45) is -10.6. The molecule has 5 saturated heterocycles. The third-order valence-electron chi connectivity index (χ3n) is 12.0. The molecule has 6 fully saturated rings. The highest BCUT2D eigenvalue weighted by atomic mass is 16.8. The Kier molecular flexibility index (Phi) is 12.1. The molecular weight excluding hydrogens is 752 g/mol. The van der Waals surface area contributed by atoms with E-state index in [9.17, 15) is 34.5 Å². The van der Waals surface area contributed by atoms with Gasteiger partial charge in [-0.25, -0.2) is 4.79 Å². The molecule has 314 valence electrons. The van der Waals surface area contributed by atoms with Gasteiger partial charge in [0.2, 0.25) is 12.1 Å². The Hall–Kier alpha value is -3.52. The predicted octanol–water partition coefficient (Wildman–Crippen LogP) is 1.31. The smallest absolute Gasteiger partial charge is 0.331 e. The van der Waals surface area contributed by atoms with Gasteiger partial charge in [-0.3, -0.25) is 14.4 Å². The number of rotatable bonds is 9. The van der Waals surface area contributed by atoms with E-state index in [4.69, 9.17) is 47.4 Å². The van der Waals surface area contributed by atoms with Gasteiger partial charge in [0.05, 0.1) is 37.4 Å². The van der Waals surface area contributed by atoms with Gasteiger partial charge >= 0.3 is 23.9 Å². The number of epoxide rings is 1. The number of benzene rings is 1. The van der Waals surface area contributed by atoms with Crippen LogP contribution < -0.4 is 0 Å². The van der Waals surface area contributed by atoms with E-state index in [-0.39, 0.29) is 31.3 Å². The maximum absolute atomic E-state index is 13.9. The number of hydrogen-bond acceptors (Lipinski definition) is 17. The Morgan fingerprint density at radius 2 is 1.47 bits per heavy atom. The Morgan fingerprint density at radius 1 is 0.789 bits per heavy atom. The van der Waals surface area contributed by atoms with Crippen LogP contribution in [0.3, 0.4) is 0 Å². The quantitative estimate of drug-likeness (QED) is 0.139. The molecule has 6 aliphatic rings. The van der Waals surface area contributed by atoms with E-state index >= 15 is 0 Å². The molecule has 57 heavy (non-hydrogen) atoms. The van der Waals surface area contributed by atoms with Crippen LogP contribution in [-0.4, -0.2) is 137 Å². The number of ether oxygens (including phenoxy) is 10. The maximum Gasteiger partial charge on any atom is 0.331 e. The average molecular weight is 805 g/mol. The number of aliphatic hydroxyl groups excluding tert-OH is 3. The van der Waals surface area contributed by atoms with Crippen LogP contribution in [0.2, 0.25) is 0 Å². The van der Waals surface area contributed by atoms with Crippen molar-refractivity contribution in [2.45, 2.75) is 145 Å². The zero-order valence-corrected chi connectivity index (χ0v) is 32.5. The molecule has 17 nitrogen and oxygen atoms in total. The summed E-state index contributed by atoms with van der Waals surface area (Å²) in [5.41, 5.74) is 0.105. The molecule has 1 aliphatic carbocycles. The Morgan fingerprint density at radius 3 is 2.16 bits per heavy atom. The summed E-state index contributed by atoms with van der Waals surface area (Å²) in [6, 6.07) is 9.42. The molecule has 1 aromatic carbocycles. The largest absolute Gasteiger partial charge is 0.459 e. The highest BCUT2D eigenvalue weighted by Gasteiger charge is 2.76. The van der Waals surface area contributed by atoms with Crippen LogP contribution in [-0.2, 0) is 66.5 Å². The zero-order chi connectivity index (χ0) is 40.8. The van der Waals surface area contributed by atoms with Gasteiger partial charge in [-0.15, -0.1) is 0 Å². The first-order chi connectivity index (χ1) is 27.1. The molecule has 5 aliphatic heterocycles. The summed E-state index contributed by atoms with van der Waals surface area (Å²) < 4.78 is 59.2. The van der Waals surface area contributed by atoms with Crippen LogP contribution in [0.25, 0.3) is 6.08 Å². The number of carbonyl (C=O) groups is 4. The number of hydrogen-bond donors (Lipinski definition) is 3. The van der Waals surface area contributed by atoms with Crippen molar-refractivity contribution < 1.29 is 81.9 Å². The summed E-state index contributed by atoms with van der Waals surface area (Å²) in [7, 11) is 0. The molecule has 17 atom stereocenters. The molecule has 1 saturated carbocycles. The van der Waals surface area contributed by atoms with Crippen molar-refractivity contribution >= 4 is 30.0 Å². The minimum Gasteiger partial charge on any atom is -0.459 e. The minimum absolute atomic E-state index is 0.106. The number of fused-ring (bicyclic) bond motifs is 3. The van der Waals surface area contributed by atoms with Crippen LogP contribution in [0, 0.1) is 17.8 Å². The fourth-order valence-corrected chi connectivity index (χ4v) is 8.89. The molecule has 17 heteroatoms. The van der Waals surface area contributed by atoms with Crippen molar-refractivity contribution in [2.75, 3.05) is 13.2 Å². The molecule has 1 aromatic rings. The van der Waals surface area contributed by atoms with Crippen LogP contribution in [0.5, 0.6) is 0 Å². The molecule has 2 spiro atoms. The first-order valence-electron chi connectivity index (χ1n) is 19.6. The molecule has 7 rings (SSSR count). The molecule has 0 aromatic heterocycles. The van der Waals surface area contributed by atoms with Crippen LogP contribution in [0.4, 0.5) is 0 Å². The van der Waals surface area contributed by atoms with Crippen LogP contribution in [0.15, 0.2) is 36.4 Å². The van der Waals surface area contributed by atoms with E-state index in [2.05, 4.69) is 0 Å².